The molecule has 1 fully saturated rings. The van der Waals surface area contributed by atoms with Crippen LogP contribution in [0.25, 0.3) is 0 Å². The van der Waals surface area contributed by atoms with Crippen molar-refractivity contribution in [3.63, 3.8) is 0 Å². The summed E-state index contributed by atoms with van der Waals surface area (Å²) in [6.45, 7) is 5.20. The standard InChI is InChI=1S/C18H26ClN3O3/c1-4-15-7-5-6-10-21(15)18(23)13(2)20(3)12-14-11-16(22(24)25)8-9-17(14)19/h8-9,11,13,15H,4-7,10,12H2,1-3H3. The number of nitro groups is 1. The molecule has 7 heteroatoms. The Morgan fingerprint density at radius 3 is 2.84 bits per heavy atom. The van der Waals surface area contributed by atoms with Gasteiger partial charge in [-0.3, -0.25) is 19.8 Å². The second-order valence-electron chi connectivity index (χ2n) is 6.71. The van der Waals surface area contributed by atoms with Crippen molar-refractivity contribution in [2.24, 2.45) is 0 Å². The first kappa shape index (κ1) is 19.7. The van der Waals surface area contributed by atoms with Gasteiger partial charge >= 0.3 is 0 Å². The van der Waals surface area contributed by atoms with Crippen LogP contribution in [-0.4, -0.2) is 46.3 Å². The number of carbonyl (C=O) groups is 1. The average molecular weight is 368 g/mol. The van der Waals surface area contributed by atoms with Gasteiger partial charge in [0.05, 0.1) is 11.0 Å². The topological polar surface area (TPSA) is 66.7 Å². The molecule has 1 heterocycles. The molecule has 1 aliphatic rings. The number of halogens is 1. The zero-order chi connectivity index (χ0) is 18.6. The van der Waals surface area contributed by atoms with Crippen LogP contribution < -0.4 is 0 Å². The number of likely N-dealkylation sites (tertiary alicyclic amines) is 1. The normalized spacial score (nSPS) is 19.1. The van der Waals surface area contributed by atoms with Crippen LogP contribution in [0.1, 0.15) is 45.1 Å². The van der Waals surface area contributed by atoms with E-state index in [-0.39, 0.29) is 17.6 Å². The highest BCUT2D eigenvalue weighted by molar-refractivity contribution is 6.31. The number of likely N-dealkylation sites (N-methyl/N-ethyl adjacent to an activating group) is 1. The molecular formula is C18H26ClN3O3. The highest BCUT2D eigenvalue weighted by Gasteiger charge is 2.30. The van der Waals surface area contributed by atoms with E-state index in [1.54, 1.807) is 0 Å². The van der Waals surface area contributed by atoms with Crippen molar-refractivity contribution in [1.82, 2.24) is 9.80 Å². The van der Waals surface area contributed by atoms with E-state index in [0.29, 0.717) is 23.2 Å². The van der Waals surface area contributed by atoms with Gasteiger partial charge in [0.15, 0.2) is 0 Å². The SMILES string of the molecule is CCC1CCCCN1C(=O)C(C)N(C)Cc1cc([N+](=O)[O-])ccc1Cl. The van der Waals surface area contributed by atoms with Gasteiger partial charge in [0, 0.05) is 36.3 Å². The lowest BCUT2D eigenvalue weighted by Gasteiger charge is -2.38. The highest BCUT2D eigenvalue weighted by Crippen LogP contribution is 2.25. The molecule has 2 rings (SSSR count). The van der Waals surface area contributed by atoms with Crippen LogP contribution in [-0.2, 0) is 11.3 Å². The first-order chi connectivity index (χ1) is 11.8. The molecule has 1 aromatic rings. The van der Waals surface area contributed by atoms with Crippen LogP contribution in [0.15, 0.2) is 18.2 Å². The summed E-state index contributed by atoms with van der Waals surface area (Å²) in [5, 5.41) is 11.4. The van der Waals surface area contributed by atoms with Crippen LogP contribution in [0.3, 0.4) is 0 Å². The first-order valence-corrected chi connectivity index (χ1v) is 9.16. The van der Waals surface area contributed by atoms with Crippen molar-refractivity contribution < 1.29 is 9.72 Å². The van der Waals surface area contributed by atoms with Crippen molar-refractivity contribution in [3.05, 3.63) is 38.9 Å². The molecule has 138 valence electrons. The number of hydrogen-bond acceptors (Lipinski definition) is 4. The minimum Gasteiger partial charge on any atom is -0.338 e. The molecule has 2 atom stereocenters. The largest absolute Gasteiger partial charge is 0.338 e. The lowest BCUT2D eigenvalue weighted by Crippen LogP contribution is -2.51. The summed E-state index contributed by atoms with van der Waals surface area (Å²) in [5.41, 5.74) is 0.664. The molecule has 0 bridgehead atoms. The fraction of sp³-hybridized carbons (Fsp3) is 0.611. The maximum atomic E-state index is 12.9. The third kappa shape index (κ3) is 4.70. The van der Waals surface area contributed by atoms with Crippen molar-refractivity contribution in [2.75, 3.05) is 13.6 Å². The molecule has 0 aliphatic carbocycles. The molecular weight excluding hydrogens is 342 g/mol. The van der Waals surface area contributed by atoms with Gasteiger partial charge in [0.1, 0.15) is 0 Å². The lowest BCUT2D eigenvalue weighted by atomic mass is 9.99. The number of nitrogens with zero attached hydrogens (tertiary/aromatic N) is 3. The van der Waals surface area contributed by atoms with E-state index in [0.717, 1.165) is 25.8 Å². The maximum Gasteiger partial charge on any atom is 0.269 e. The zero-order valence-electron chi connectivity index (χ0n) is 15.1. The Balaban J connectivity index is 2.09. The molecule has 0 spiro atoms. The Labute approximate surface area is 153 Å². The van der Waals surface area contributed by atoms with E-state index >= 15 is 0 Å². The number of nitro benzene ring substituents is 1. The minimum atomic E-state index is -0.437. The number of rotatable bonds is 6. The molecule has 1 amide bonds. The number of non-ortho nitro benzene ring substituents is 1. The minimum absolute atomic E-state index is 0.00820. The molecule has 6 nitrogen and oxygen atoms in total. The summed E-state index contributed by atoms with van der Waals surface area (Å²) in [7, 11) is 1.85. The molecule has 1 aliphatic heterocycles. The Morgan fingerprint density at radius 1 is 1.48 bits per heavy atom. The molecule has 0 radical (unpaired) electrons. The van der Waals surface area contributed by atoms with Crippen LogP contribution in [0, 0.1) is 10.1 Å². The number of piperidine rings is 1. The molecule has 2 unspecified atom stereocenters. The van der Waals surface area contributed by atoms with Gasteiger partial charge in [0.25, 0.3) is 5.69 Å². The Hall–Kier alpha value is -1.66. The summed E-state index contributed by atoms with van der Waals surface area (Å²) in [6, 6.07) is 4.42. The van der Waals surface area contributed by atoms with Gasteiger partial charge in [-0.25, -0.2) is 0 Å². The summed E-state index contributed by atoms with van der Waals surface area (Å²) < 4.78 is 0. The van der Waals surface area contributed by atoms with E-state index in [1.165, 1.54) is 24.6 Å². The van der Waals surface area contributed by atoms with Crippen LogP contribution in [0.4, 0.5) is 5.69 Å². The summed E-state index contributed by atoms with van der Waals surface area (Å²) >= 11 is 6.18. The monoisotopic (exact) mass is 367 g/mol. The Kier molecular flexibility index (Phi) is 6.79. The van der Waals surface area contributed by atoms with E-state index in [4.69, 9.17) is 11.6 Å². The zero-order valence-corrected chi connectivity index (χ0v) is 15.8. The van der Waals surface area contributed by atoms with Crippen LogP contribution >= 0.6 is 11.6 Å². The Bertz CT molecular complexity index is 638. The lowest BCUT2D eigenvalue weighted by molar-refractivity contribution is -0.384. The number of carbonyl (C=O) groups excluding carboxylic acids is 1. The van der Waals surface area contributed by atoms with E-state index in [9.17, 15) is 14.9 Å². The molecule has 0 aromatic heterocycles. The first-order valence-electron chi connectivity index (χ1n) is 8.78. The fourth-order valence-electron chi connectivity index (χ4n) is 3.35. The van der Waals surface area contributed by atoms with Crippen molar-refractivity contribution in [1.29, 1.82) is 0 Å². The van der Waals surface area contributed by atoms with Crippen molar-refractivity contribution in [2.45, 2.75) is 58.2 Å². The summed E-state index contributed by atoms with van der Waals surface area (Å²) in [6.07, 6.45) is 4.26. The third-order valence-corrected chi connectivity index (χ3v) is 5.43. The number of benzene rings is 1. The molecule has 25 heavy (non-hydrogen) atoms. The van der Waals surface area contributed by atoms with E-state index in [1.807, 2.05) is 23.8 Å². The van der Waals surface area contributed by atoms with Crippen molar-refractivity contribution >= 4 is 23.2 Å². The second kappa shape index (κ2) is 8.63. The quantitative estimate of drug-likeness (QED) is 0.565. The van der Waals surface area contributed by atoms with E-state index < -0.39 is 4.92 Å². The molecule has 1 aromatic carbocycles. The Morgan fingerprint density at radius 2 is 2.20 bits per heavy atom. The molecule has 0 N–H and O–H groups in total. The number of hydrogen-bond donors (Lipinski definition) is 0. The van der Waals surface area contributed by atoms with Gasteiger partial charge in [-0.2, -0.15) is 0 Å². The summed E-state index contributed by atoms with van der Waals surface area (Å²) in [4.78, 5) is 27.3. The molecule has 1 saturated heterocycles. The maximum absolute atomic E-state index is 12.9. The summed E-state index contributed by atoms with van der Waals surface area (Å²) in [5.74, 6) is 0.121. The molecule has 0 saturated carbocycles. The second-order valence-corrected chi connectivity index (χ2v) is 7.12. The van der Waals surface area contributed by atoms with Crippen LogP contribution in [0.2, 0.25) is 5.02 Å². The van der Waals surface area contributed by atoms with Crippen LogP contribution in [0.5, 0.6) is 0 Å². The van der Waals surface area contributed by atoms with E-state index in [2.05, 4.69) is 6.92 Å². The van der Waals surface area contributed by atoms with Gasteiger partial charge in [-0.05, 0) is 51.3 Å². The predicted octanol–water partition coefficient (Wildman–Crippen LogP) is 3.86. The average Bonchev–Trinajstić information content (AvgIpc) is 2.61. The van der Waals surface area contributed by atoms with Gasteiger partial charge in [-0.1, -0.05) is 18.5 Å². The highest BCUT2D eigenvalue weighted by atomic mass is 35.5. The smallest absolute Gasteiger partial charge is 0.269 e. The predicted molar refractivity (Wildman–Crippen MR) is 98.7 cm³/mol. The third-order valence-electron chi connectivity index (χ3n) is 5.06. The van der Waals surface area contributed by atoms with Gasteiger partial charge < -0.3 is 4.90 Å². The van der Waals surface area contributed by atoms with Gasteiger partial charge in [-0.15, -0.1) is 0 Å². The number of amides is 1. The fourth-order valence-corrected chi connectivity index (χ4v) is 3.52. The van der Waals surface area contributed by atoms with Gasteiger partial charge in [0.2, 0.25) is 5.91 Å². The van der Waals surface area contributed by atoms with Crippen molar-refractivity contribution in [3.8, 4) is 0 Å².